The SMILES string of the molecule is COC(=O)[C@@H](NC(C)C(=O)O)C(C)C. The number of carbonyl (C=O) groups excluding carboxylic acids is 1. The first-order chi connectivity index (χ1) is 6.40. The van der Waals surface area contributed by atoms with E-state index in [0.29, 0.717) is 0 Å². The van der Waals surface area contributed by atoms with Gasteiger partial charge >= 0.3 is 11.9 Å². The molecule has 0 radical (unpaired) electrons. The third-order valence-electron chi connectivity index (χ3n) is 1.92. The summed E-state index contributed by atoms with van der Waals surface area (Å²) in [4.78, 5) is 21.8. The van der Waals surface area contributed by atoms with Crippen molar-refractivity contribution < 1.29 is 19.4 Å². The maximum Gasteiger partial charge on any atom is 0.323 e. The summed E-state index contributed by atoms with van der Waals surface area (Å²) in [6.07, 6.45) is 0. The number of carboxylic acids is 1. The van der Waals surface area contributed by atoms with Gasteiger partial charge in [0.05, 0.1) is 7.11 Å². The fourth-order valence-electron chi connectivity index (χ4n) is 1.00. The number of aliphatic carboxylic acids is 1. The van der Waals surface area contributed by atoms with Gasteiger partial charge in [-0.1, -0.05) is 13.8 Å². The Labute approximate surface area is 83.4 Å². The molecular formula is C9H17NO4. The Hall–Kier alpha value is -1.10. The topological polar surface area (TPSA) is 75.6 Å². The summed E-state index contributed by atoms with van der Waals surface area (Å²) in [5.41, 5.74) is 0. The molecular weight excluding hydrogens is 186 g/mol. The lowest BCUT2D eigenvalue weighted by molar-refractivity contribution is -0.145. The van der Waals surface area contributed by atoms with Gasteiger partial charge < -0.3 is 9.84 Å². The maximum absolute atomic E-state index is 11.2. The Morgan fingerprint density at radius 3 is 2.07 bits per heavy atom. The molecule has 0 aromatic rings. The minimum absolute atomic E-state index is 0.00995. The first-order valence-electron chi connectivity index (χ1n) is 4.46. The van der Waals surface area contributed by atoms with E-state index >= 15 is 0 Å². The van der Waals surface area contributed by atoms with Crippen molar-refractivity contribution in [3.05, 3.63) is 0 Å². The number of carboxylic acid groups (broad SMARTS) is 1. The van der Waals surface area contributed by atoms with Crippen LogP contribution in [0.15, 0.2) is 0 Å². The number of hydrogen-bond acceptors (Lipinski definition) is 4. The lowest BCUT2D eigenvalue weighted by Gasteiger charge is -2.21. The highest BCUT2D eigenvalue weighted by Crippen LogP contribution is 2.04. The van der Waals surface area contributed by atoms with Crippen molar-refractivity contribution in [3.8, 4) is 0 Å². The van der Waals surface area contributed by atoms with Crippen molar-refractivity contribution in [1.82, 2.24) is 5.32 Å². The van der Waals surface area contributed by atoms with Gasteiger partial charge in [0.25, 0.3) is 0 Å². The number of esters is 1. The minimum atomic E-state index is -0.987. The zero-order valence-corrected chi connectivity index (χ0v) is 8.90. The molecule has 0 aromatic carbocycles. The van der Waals surface area contributed by atoms with Gasteiger partial charge in [0.15, 0.2) is 0 Å². The van der Waals surface area contributed by atoms with E-state index in [1.54, 1.807) is 0 Å². The first kappa shape index (κ1) is 12.9. The third kappa shape index (κ3) is 3.74. The summed E-state index contributed by atoms with van der Waals surface area (Å²) >= 11 is 0. The van der Waals surface area contributed by atoms with Crippen molar-refractivity contribution in [2.75, 3.05) is 7.11 Å². The van der Waals surface area contributed by atoms with Crippen molar-refractivity contribution in [2.45, 2.75) is 32.9 Å². The van der Waals surface area contributed by atoms with Crippen molar-refractivity contribution in [3.63, 3.8) is 0 Å². The van der Waals surface area contributed by atoms with Gasteiger partial charge in [0.1, 0.15) is 12.1 Å². The van der Waals surface area contributed by atoms with Gasteiger partial charge in [-0.3, -0.25) is 14.9 Å². The summed E-state index contributed by atoms with van der Waals surface area (Å²) in [6.45, 7) is 5.13. The zero-order valence-electron chi connectivity index (χ0n) is 8.90. The van der Waals surface area contributed by atoms with Gasteiger partial charge in [-0.15, -0.1) is 0 Å². The molecule has 5 nitrogen and oxygen atoms in total. The molecule has 0 amide bonds. The van der Waals surface area contributed by atoms with Crippen LogP contribution in [-0.2, 0) is 14.3 Å². The third-order valence-corrected chi connectivity index (χ3v) is 1.92. The first-order valence-corrected chi connectivity index (χ1v) is 4.46. The van der Waals surface area contributed by atoms with E-state index in [0.717, 1.165) is 0 Å². The lowest BCUT2D eigenvalue weighted by Crippen LogP contribution is -2.48. The number of ether oxygens (including phenoxy) is 1. The fourth-order valence-corrected chi connectivity index (χ4v) is 1.00. The van der Waals surface area contributed by atoms with Crippen molar-refractivity contribution in [1.29, 1.82) is 0 Å². The molecule has 1 unspecified atom stereocenters. The summed E-state index contributed by atoms with van der Waals surface area (Å²) in [7, 11) is 1.28. The van der Waals surface area contributed by atoms with Crippen LogP contribution >= 0.6 is 0 Å². The van der Waals surface area contributed by atoms with Crippen LogP contribution in [0, 0.1) is 5.92 Å². The van der Waals surface area contributed by atoms with E-state index in [1.165, 1.54) is 14.0 Å². The largest absolute Gasteiger partial charge is 0.480 e. The van der Waals surface area contributed by atoms with Crippen LogP contribution in [0.5, 0.6) is 0 Å². The Balaban J connectivity index is 4.38. The number of nitrogens with one attached hydrogen (secondary N) is 1. The van der Waals surface area contributed by atoms with Crippen LogP contribution in [0.1, 0.15) is 20.8 Å². The molecule has 0 aliphatic rings. The number of carbonyl (C=O) groups is 2. The van der Waals surface area contributed by atoms with E-state index in [2.05, 4.69) is 10.1 Å². The Kier molecular flexibility index (Phi) is 5.15. The molecule has 0 spiro atoms. The molecule has 82 valence electrons. The quantitative estimate of drug-likeness (QED) is 0.626. The highest BCUT2D eigenvalue weighted by atomic mass is 16.5. The number of methoxy groups -OCH3 is 1. The Morgan fingerprint density at radius 1 is 1.29 bits per heavy atom. The van der Waals surface area contributed by atoms with Crippen LogP contribution in [0.2, 0.25) is 0 Å². The van der Waals surface area contributed by atoms with Gasteiger partial charge in [-0.2, -0.15) is 0 Å². The highest BCUT2D eigenvalue weighted by molar-refractivity contribution is 5.78. The molecule has 0 aliphatic carbocycles. The second-order valence-electron chi connectivity index (χ2n) is 3.47. The zero-order chi connectivity index (χ0) is 11.3. The van der Waals surface area contributed by atoms with Crippen LogP contribution in [0.25, 0.3) is 0 Å². The molecule has 0 heterocycles. The summed E-state index contributed by atoms with van der Waals surface area (Å²) in [5, 5.41) is 11.3. The van der Waals surface area contributed by atoms with Crippen LogP contribution < -0.4 is 5.32 Å². The second-order valence-corrected chi connectivity index (χ2v) is 3.47. The predicted octanol–water partition coefficient (Wildman–Crippen LogP) is 0.247. The van der Waals surface area contributed by atoms with Gasteiger partial charge in [-0.05, 0) is 12.8 Å². The molecule has 2 atom stereocenters. The van der Waals surface area contributed by atoms with Gasteiger partial charge in [0, 0.05) is 0 Å². The Morgan fingerprint density at radius 2 is 1.79 bits per heavy atom. The molecule has 0 aliphatic heterocycles. The molecule has 0 saturated carbocycles. The molecule has 5 heteroatoms. The number of hydrogen-bond donors (Lipinski definition) is 2. The highest BCUT2D eigenvalue weighted by Gasteiger charge is 2.26. The van der Waals surface area contributed by atoms with Gasteiger partial charge in [0.2, 0.25) is 0 Å². The maximum atomic E-state index is 11.2. The van der Waals surface area contributed by atoms with E-state index in [-0.39, 0.29) is 5.92 Å². The van der Waals surface area contributed by atoms with E-state index in [1.807, 2.05) is 13.8 Å². The lowest BCUT2D eigenvalue weighted by atomic mass is 10.0. The summed E-state index contributed by atoms with van der Waals surface area (Å²) in [5.74, 6) is -1.43. The normalized spacial score (nSPS) is 14.9. The van der Waals surface area contributed by atoms with Crippen LogP contribution in [0.4, 0.5) is 0 Å². The van der Waals surface area contributed by atoms with Gasteiger partial charge in [-0.25, -0.2) is 0 Å². The average Bonchev–Trinajstić information content (AvgIpc) is 2.11. The monoisotopic (exact) mass is 203 g/mol. The molecule has 14 heavy (non-hydrogen) atoms. The average molecular weight is 203 g/mol. The van der Waals surface area contributed by atoms with Crippen molar-refractivity contribution >= 4 is 11.9 Å². The molecule has 2 N–H and O–H groups in total. The molecule has 0 aromatic heterocycles. The Bertz CT molecular complexity index is 215. The molecule has 0 rings (SSSR count). The standard InChI is InChI=1S/C9H17NO4/c1-5(2)7(9(13)14-4)10-6(3)8(11)12/h5-7,10H,1-4H3,(H,11,12)/t6?,7-/m0/s1. The molecule has 0 saturated heterocycles. The smallest absolute Gasteiger partial charge is 0.323 e. The van der Waals surface area contributed by atoms with E-state index in [9.17, 15) is 9.59 Å². The van der Waals surface area contributed by atoms with Crippen LogP contribution in [0.3, 0.4) is 0 Å². The molecule has 0 fully saturated rings. The summed E-state index contributed by atoms with van der Waals surface area (Å²) in [6, 6.07) is -1.34. The van der Waals surface area contributed by atoms with Crippen molar-refractivity contribution in [2.24, 2.45) is 5.92 Å². The van der Waals surface area contributed by atoms with Crippen LogP contribution in [-0.4, -0.2) is 36.2 Å². The summed E-state index contributed by atoms with van der Waals surface area (Å²) < 4.78 is 4.56. The molecule has 0 bridgehead atoms. The number of rotatable bonds is 5. The van der Waals surface area contributed by atoms with E-state index < -0.39 is 24.0 Å². The van der Waals surface area contributed by atoms with E-state index in [4.69, 9.17) is 5.11 Å². The second kappa shape index (κ2) is 5.59. The predicted molar refractivity (Wildman–Crippen MR) is 50.9 cm³/mol. The minimum Gasteiger partial charge on any atom is -0.480 e. The fraction of sp³-hybridized carbons (Fsp3) is 0.778.